The molecule has 0 aliphatic carbocycles. The molecule has 0 saturated heterocycles. The van der Waals surface area contributed by atoms with E-state index in [1.54, 1.807) is 9.25 Å². The van der Waals surface area contributed by atoms with E-state index in [4.69, 9.17) is 16.3 Å². The fourth-order valence-corrected chi connectivity index (χ4v) is 3.89. The Morgan fingerprint density at radius 1 is 1.10 bits per heavy atom. The van der Waals surface area contributed by atoms with E-state index in [0.29, 0.717) is 31.3 Å². The zero-order chi connectivity index (χ0) is 21.8. The summed E-state index contributed by atoms with van der Waals surface area (Å²) in [6.07, 6.45) is 3.83. The highest BCUT2D eigenvalue weighted by Gasteiger charge is 2.13. The van der Waals surface area contributed by atoms with Crippen molar-refractivity contribution in [1.29, 1.82) is 0 Å². The Balaban J connectivity index is 1.59. The number of hydrogen-bond acceptors (Lipinski definition) is 4. The molecule has 0 spiro atoms. The number of ether oxygens (including phenoxy) is 1. The van der Waals surface area contributed by atoms with Gasteiger partial charge in [-0.3, -0.25) is 14.4 Å². The van der Waals surface area contributed by atoms with Gasteiger partial charge in [-0.05, 0) is 42.8 Å². The summed E-state index contributed by atoms with van der Waals surface area (Å²) in [5.74, 6) is 0.783. The molecule has 6 nitrogen and oxygen atoms in total. The molecule has 0 amide bonds. The third kappa shape index (κ3) is 5.16. The van der Waals surface area contributed by atoms with Crippen molar-refractivity contribution in [2.75, 3.05) is 13.7 Å². The second-order valence-electron chi connectivity index (χ2n) is 7.69. The number of fused-ring (bicyclic) bond motifs is 1. The Kier molecular flexibility index (Phi) is 6.39. The first-order valence-electron chi connectivity index (χ1n) is 10.2. The molecule has 0 N–H and O–H groups in total. The highest BCUT2D eigenvalue weighted by Crippen LogP contribution is 2.20. The van der Waals surface area contributed by atoms with Crippen LogP contribution in [0.25, 0.3) is 10.9 Å². The molecule has 2 aromatic carbocycles. The molecule has 4 rings (SSSR count). The summed E-state index contributed by atoms with van der Waals surface area (Å²) in [5.41, 5.74) is 2.63. The van der Waals surface area contributed by atoms with Gasteiger partial charge in [-0.25, -0.2) is 0 Å². The Labute approximate surface area is 186 Å². The normalized spacial score (nSPS) is 11.4. The third-order valence-electron chi connectivity index (χ3n) is 5.11. The maximum absolute atomic E-state index is 13.3. The maximum atomic E-state index is 13.3. The van der Waals surface area contributed by atoms with Crippen LogP contribution in [0.1, 0.15) is 11.1 Å². The Bertz CT molecular complexity index is 1230. The lowest BCUT2D eigenvalue weighted by Crippen LogP contribution is -2.30. The fourth-order valence-electron chi connectivity index (χ4n) is 3.72. The molecule has 0 radical (unpaired) electrons. The van der Waals surface area contributed by atoms with Crippen LogP contribution in [0, 0.1) is 0 Å². The van der Waals surface area contributed by atoms with Gasteiger partial charge >= 0.3 is 0 Å². The van der Waals surface area contributed by atoms with Crippen LogP contribution in [0.2, 0.25) is 5.02 Å². The minimum atomic E-state index is -0.0236. The molecule has 2 heterocycles. The average molecular weight is 437 g/mol. The lowest BCUT2D eigenvalue weighted by atomic mass is 10.1. The molecule has 0 aliphatic heterocycles. The highest BCUT2D eigenvalue weighted by atomic mass is 35.5. The number of benzene rings is 2. The molecule has 0 aliphatic rings. The first-order chi connectivity index (χ1) is 15.0. The highest BCUT2D eigenvalue weighted by molar-refractivity contribution is 6.31. The molecule has 2 aromatic heterocycles. The number of halogens is 1. The van der Waals surface area contributed by atoms with Crippen LogP contribution >= 0.6 is 11.6 Å². The number of nitrogens with zero attached hydrogens (tertiary/aromatic N) is 4. The molecule has 31 heavy (non-hydrogen) atoms. The van der Waals surface area contributed by atoms with E-state index < -0.39 is 0 Å². The van der Waals surface area contributed by atoms with Crippen molar-refractivity contribution in [1.82, 2.24) is 19.2 Å². The average Bonchev–Trinajstić information content (AvgIpc) is 3.16. The van der Waals surface area contributed by atoms with Gasteiger partial charge in [-0.2, -0.15) is 5.10 Å². The minimum absolute atomic E-state index is 0.0236. The van der Waals surface area contributed by atoms with E-state index in [9.17, 15) is 4.79 Å². The summed E-state index contributed by atoms with van der Waals surface area (Å²) in [4.78, 5) is 15.5. The molecule has 4 aromatic rings. The molecular formula is C24H25ClN4O2. The smallest absolute Gasteiger partial charge is 0.255 e. The second-order valence-corrected chi connectivity index (χ2v) is 8.12. The van der Waals surface area contributed by atoms with Gasteiger partial charge in [0.25, 0.3) is 5.56 Å². The molecule has 0 bridgehead atoms. The Hall–Kier alpha value is -3.09. The Morgan fingerprint density at radius 3 is 2.65 bits per heavy atom. The third-order valence-corrected chi connectivity index (χ3v) is 5.35. The molecule has 7 heteroatoms. The van der Waals surface area contributed by atoms with E-state index >= 15 is 0 Å². The van der Waals surface area contributed by atoms with Gasteiger partial charge in [-0.1, -0.05) is 35.9 Å². The van der Waals surface area contributed by atoms with Crippen molar-refractivity contribution < 1.29 is 4.74 Å². The summed E-state index contributed by atoms with van der Waals surface area (Å²) >= 11 is 6.23. The lowest BCUT2D eigenvalue weighted by molar-refractivity contribution is 0.296. The van der Waals surface area contributed by atoms with Crippen LogP contribution in [-0.4, -0.2) is 32.9 Å². The number of pyridine rings is 1. The number of hydrogen-bond donors (Lipinski definition) is 0. The van der Waals surface area contributed by atoms with Crippen molar-refractivity contribution in [2.24, 2.45) is 7.05 Å². The van der Waals surface area contributed by atoms with Crippen molar-refractivity contribution >= 4 is 22.5 Å². The summed E-state index contributed by atoms with van der Waals surface area (Å²) in [6, 6.07) is 17.2. The van der Waals surface area contributed by atoms with Crippen LogP contribution in [-0.2, 0) is 26.7 Å². The van der Waals surface area contributed by atoms with E-state index in [2.05, 4.69) is 10.00 Å². The number of para-hydroxylation sites is 1. The lowest BCUT2D eigenvalue weighted by Gasteiger charge is -2.18. The van der Waals surface area contributed by atoms with Gasteiger partial charge in [0.1, 0.15) is 12.4 Å². The summed E-state index contributed by atoms with van der Waals surface area (Å²) in [6.45, 7) is 2.07. The summed E-state index contributed by atoms with van der Waals surface area (Å²) < 4.78 is 9.38. The summed E-state index contributed by atoms with van der Waals surface area (Å²) in [7, 11) is 3.90. The monoisotopic (exact) mass is 436 g/mol. The standard InChI is InChI=1S/C24H25ClN4O2/c1-27(15-18-14-26-28(2)16-18)17-20-12-19-8-9-21(25)13-23(19)29(24(20)30)10-11-31-22-6-4-3-5-7-22/h3-9,12-14,16H,10-11,15,17H2,1-2H3. The molecule has 0 unspecified atom stereocenters. The van der Waals surface area contributed by atoms with Crippen LogP contribution in [0.15, 0.2) is 71.8 Å². The molecule has 0 fully saturated rings. The van der Waals surface area contributed by atoms with Crippen molar-refractivity contribution in [3.8, 4) is 5.75 Å². The predicted molar refractivity (Wildman–Crippen MR) is 124 cm³/mol. The van der Waals surface area contributed by atoms with E-state index in [-0.39, 0.29) is 5.56 Å². The van der Waals surface area contributed by atoms with Gasteiger partial charge in [0.2, 0.25) is 0 Å². The second kappa shape index (κ2) is 9.37. The van der Waals surface area contributed by atoms with Gasteiger partial charge in [0, 0.05) is 42.5 Å². The van der Waals surface area contributed by atoms with Crippen LogP contribution < -0.4 is 10.3 Å². The quantitative estimate of drug-likeness (QED) is 0.417. The van der Waals surface area contributed by atoms with E-state index in [1.807, 2.05) is 81.1 Å². The van der Waals surface area contributed by atoms with Crippen LogP contribution in [0.4, 0.5) is 0 Å². The van der Waals surface area contributed by atoms with Crippen molar-refractivity contribution in [2.45, 2.75) is 19.6 Å². The molecule has 160 valence electrons. The first-order valence-corrected chi connectivity index (χ1v) is 10.5. The first kappa shape index (κ1) is 21.2. The van der Waals surface area contributed by atoms with Crippen molar-refractivity contribution in [3.05, 3.63) is 93.5 Å². The zero-order valence-corrected chi connectivity index (χ0v) is 18.4. The zero-order valence-electron chi connectivity index (χ0n) is 17.7. The largest absolute Gasteiger partial charge is 0.492 e. The Morgan fingerprint density at radius 2 is 1.90 bits per heavy atom. The van der Waals surface area contributed by atoms with Gasteiger partial charge in [-0.15, -0.1) is 0 Å². The predicted octanol–water partition coefficient (Wildman–Crippen LogP) is 4.10. The SMILES string of the molecule is CN(Cc1cnn(C)c1)Cc1cc2ccc(Cl)cc2n(CCOc2ccccc2)c1=O. The van der Waals surface area contributed by atoms with Gasteiger partial charge < -0.3 is 9.30 Å². The number of aryl methyl sites for hydroxylation is 1. The summed E-state index contributed by atoms with van der Waals surface area (Å²) in [5, 5.41) is 5.80. The van der Waals surface area contributed by atoms with Gasteiger partial charge in [0.15, 0.2) is 0 Å². The minimum Gasteiger partial charge on any atom is -0.492 e. The molecule has 0 saturated carbocycles. The molecular weight excluding hydrogens is 412 g/mol. The van der Waals surface area contributed by atoms with E-state index in [0.717, 1.165) is 27.8 Å². The molecule has 0 atom stereocenters. The van der Waals surface area contributed by atoms with E-state index in [1.165, 1.54) is 0 Å². The topological polar surface area (TPSA) is 52.3 Å². The van der Waals surface area contributed by atoms with Crippen LogP contribution in [0.3, 0.4) is 0 Å². The number of rotatable bonds is 8. The fraction of sp³-hybridized carbons (Fsp3) is 0.250. The van der Waals surface area contributed by atoms with Crippen LogP contribution in [0.5, 0.6) is 5.75 Å². The van der Waals surface area contributed by atoms with Gasteiger partial charge in [0.05, 0.1) is 18.3 Å². The number of aromatic nitrogens is 3. The maximum Gasteiger partial charge on any atom is 0.255 e. The van der Waals surface area contributed by atoms with Crippen molar-refractivity contribution in [3.63, 3.8) is 0 Å².